The van der Waals surface area contributed by atoms with Gasteiger partial charge in [0.05, 0.1) is 24.6 Å². The molecule has 0 heterocycles. The summed E-state index contributed by atoms with van der Waals surface area (Å²) in [5.41, 5.74) is 3.05. The van der Waals surface area contributed by atoms with Gasteiger partial charge in [0.1, 0.15) is 5.75 Å². The Morgan fingerprint density at radius 3 is 2.30 bits per heavy atom. The first-order valence-electron chi connectivity index (χ1n) is 11.0. The molecule has 0 bridgehead atoms. The van der Waals surface area contributed by atoms with Crippen LogP contribution in [0.2, 0.25) is 0 Å². The van der Waals surface area contributed by atoms with Gasteiger partial charge in [-0.1, -0.05) is 44.2 Å². The van der Waals surface area contributed by atoms with Crippen molar-refractivity contribution in [3.05, 3.63) is 71.3 Å². The molecule has 0 fully saturated rings. The van der Waals surface area contributed by atoms with Crippen molar-refractivity contribution in [1.82, 2.24) is 9.62 Å². The second-order valence-electron chi connectivity index (χ2n) is 8.66. The number of ether oxygens (including phenoxy) is 1. The van der Waals surface area contributed by atoms with Crippen molar-refractivity contribution < 1.29 is 17.9 Å². The second-order valence-corrected chi connectivity index (χ2v) is 10.7. The molecular formula is C26H32N2O4S. The topological polar surface area (TPSA) is 75.7 Å². The predicted octanol–water partition coefficient (Wildman–Crippen LogP) is 4.78. The van der Waals surface area contributed by atoms with E-state index in [9.17, 15) is 13.2 Å². The number of fused-ring (bicyclic) bond motifs is 1. The van der Waals surface area contributed by atoms with Crippen molar-refractivity contribution in [2.75, 3.05) is 20.7 Å². The minimum Gasteiger partial charge on any atom is -0.496 e. The van der Waals surface area contributed by atoms with Gasteiger partial charge in [-0.05, 0) is 71.5 Å². The van der Waals surface area contributed by atoms with Crippen LogP contribution in [0.3, 0.4) is 0 Å². The van der Waals surface area contributed by atoms with E-state index >= 15 is 0 Å². The van der Waals surface area contributed by atoms with Crippen molar-refractivity contribution in [3.8, 4) is 5.75 Å². The van der Waals surface area contributed by atoms with Gasteiger partial charge in [0.25, 0.3) is 0 Å². The highest BCUT2D eigenvalue weighted by Crippen LogP contribution is 2.32. The molecule has 176 valence electrons. The molecule has 3 rings (SSSR count). The molecule has 1 unspecified atom stereocenters. The molecule has 1 amide bonds. The molecule has 7 heteroatoms. The number of nitrogens with zero attached hydrogens (tertiary/aromatic N) is 1. The van der Waals surface area contributed by atoms with E-state index in [4.69, 9.17) is 4.74 Å². The van der Waals surface area contributed by atoms with Crippen LogP contribution in [0.1, 0.15) is 49.4 Å². The number of aryl methyl sites for hydroxylation is 1. The van der Waals surface area contributed by atoms with Gasteiger partial charge in [0.15, 0.2) is 0 Å². The largest absolute Gasteiger partial charge is 0.496 e. The fraction of sp³-hybridized carbons (Fsp3) is 0.346. The van der Waals surface area contributed by atoms with Crippen LogP contribution in [0.4, 0.5) is 0 Å². The third-order valence-corrected chi connectivity index (χ3v) is 7.68. The van der Waals surface area contributed by atoms with E-state index in [1.54, 1.807) is 25.3 Å². The summed E-state index contributed by atoms with van der Waals surface area (Å²) in [5, 5.41) is 4.73. The minimum atomic E-state index is -3.81. The number of rotatable bonds is 8. The SMILES string of the molecule is COc1cc(C)c(C(C)NC(=O)CN(C)S(=O)(=O)c2ccc3ccccc3c2)cc1C(C)C. The number of sulfonamides is 1. The van der Waals surface area contributed by atoms with Gasteiger partial charge in [-0.25, -0.2) is 8.42 Å². The average molecular weight is 469 g/mol. The third kappa shape index (κ3) is 5.37. The summed E-state index contributed by atoms with van der Waals surface area (Å²) in [7, 11) is -0.734. The first-order chi connectivity index (χ1) is 15.5. The molecule has 6 nitrogen and oxygen atoms in total. The number of hydrogen-bond acceptors (Lipinski definition) is 4. The van der Waals surface area contributed by atoms with E-state index < -0.39 is 10.0 Å². The fourth-order valence-corrected chi connectivity index (χ4v) is 5.13. The van der Waals surface area contributed by atoms with E-state index in [0.717, 1.165) is 37.5 Å². The number of likely N-dealkylation sites (N-methyl/N-ethyl adjacent to an activating group) is 1. The monoisotopic (exact) mass is 468 g/mol. The molecule has 3 aromatic carbocycles. The van der Waals surface area contributed by atoms with E-state index in [2.05, 4.69) is 25.2 Å². The maximum Gasteiger partial charge on any atom is 0.243 e. The number of hydrogen-bond donors (Lipinski definition) is 1. The van der Waals surface area contributed by atoms with Crippen LogP contribution in [0.5, 0.6) is 5.75 Å². The summed E-state index contributed by atoms with van der Waals surface area (Å²) in [6, 6.07) is 16.3. The highest BCUT2D eigenvalue weighted by molar-refractivity contribution is 7.89. The van der Waals surface area contributed by atoms with Crippen LogP contribution in [-0.4, -0.2) is 39.3 Å². The van der Waals surface area contributed by atoms with Crippen molar-refractivity contribution in [1.29, 1.82) is 0 Å². The van der Waals surface area contributed by atoms with Gasteiger partial charge in [-0.3, -0.25) is 4.79 Å². The molecule has 0 aliphatic rings. The highest BCUT2D eigenvalue weighted by Gasteiger charge is 2.24. The summed E-state index contributed by atoms with van der Waals surface area (Å²) in [4.78, 5) is 12.9. The van der Waals surface area contributed by atoms with Crippen LogP contribution in [0.25, 0.3) is 10.8 Å². The van der Waals surface area contributed by atoms with Crippen LogP contribution in [-0.2, 0) is 14.8 Å². The number of nitrogens with one attached hydrogen (secondary N) is 1. The van der Waals surface area contributed by atoms with Crippen LogP contribution < -0.4 is 10.1 Å². The fourth-order valence-electron chi connectivity index (χ4n) is 3.97. The molecule has 0 saturated heterocycles. The van der Waals surface area contributed by atoms with Gasteiger partial charge in [-0.2, -0.15) is 4.31 Å². The Labute approximate surface area is 196 Å². The molecule has 33 heavy (non-hydrogen) atoms. The van der Waals surface area contributed by atoms with Crippen LogP contribution in [0, 0.1) is 6.92 Å². The third-order valence-electron chi connectivity index (χ3n) is 5.88. The van der Waals surface area contributed by atoms with Gasteiger partial charge in [0, 0.05) is 7.05 Å². The molecule has 0 aliphatic carbocycles. The standard InChI is InChI=1S/C26H32N2O4S/c1-17(2)23-15-24(18(3)13-25(23)32-6)19(4)27-26(29)16-28(5)33(30,31)22-12-11-20-9-7-8-10-21(20)14-22/h7-15,17,19H,16H2,1-6H3,(H,27,29). The van der Waals surface area contributed by atoms with Crippen molar-refractivity contribution in [2.24, 2.45) is 0 Å². The smallest absolute Gasteiger partial charge is 0.243 e. The highest BCUT2D eigenvalue weighted by atomic mass is 32.2. The number of amides is 1. The molecule has 1 N–H and O–H groups in total. The Kier molecular flexibility index (Phi) is 7.44. The Morgan fingerprint density at radius 2 is 1.67 bits per heavy atom. The van der Waals surface area contributed by atoms with Crippen molar-refractivity contribution >= 4 is 26.7 Å². The van der Waals surface area contributed by atoms with Crippen molar-refractivity contribution in [3.63, 3.8) is 0 Å². The maximum atomic E-state index is 13.0. The lowest BCUT2D eigenvalue weighted by Crippen LogP contribution is -2.39. The Morgan fingerprint density at radius 1 is 1.00 bits per heavy atom. The lowest BCUT2D eigenvalue weighted by molar-refractivity contribution is -0.121. The molecular weight excluding hydrogens is 436 g/mol. The number of carbonyl (C=O) groups excluding carboxylic acids is 1. The lowest BCUT2D eigenvalue weighted by atomic mass is 9.93. The Hall–Kier alpha value is -2.90. The molecule has 3 aromatic rings. The zero-order chi connectivity index (χ0) is 24.3. The number of carbonyl (C=O) groups is 1. The molecule has 0 radical (unpaired) electrons. The summed E-state index contributed by atoms with van der Waals surface area (Å²) in [6.07, 6.45) is 0. The Balaban J connectivity index is 1.75. The number of methoxy groups -OCH3 is 1. The lowest BCUT2D eigenvalue weighted by Gasteiger charge is -2.22. The zero-order valence-electron chi connectivity index (χ0n) is 20.0. The molecule has 1 atom stereocenters. The van der Waals surface area contributed by atoms with Crippen molar-refractivity contribution in [2.45, 2.75) is 44.6 Å². The summed E-state index contributed by atoms with van der Waals surface area (Å²) in [6.45, 7) is 7.78. The molecule has 0 aromatic heterocycles. The molecule has 0 spiro atoms. The first-order valence-corrected chi connectivity index (χ1v) is 12.4. The second kappa shape index (κ2) is 9.93. The zero-order valence-corrected chi connectivity index (χ0v) is 20.9. The van der Waals surface area contributed by atoms with E-state index in [-0.39, 0.29) is 29.3 Å². The predicted molar refractivity (Wildman–Crippen MR) is 132 cm³/mol. The molecule has 0 saturated carbocycles. The van der Waals surface area contributed by atoms with E-state index in [0.29, 0.717) is 0 Å². The van der Waals surface area contributed by atoms with Crippen LogP contribution in [0.15, 0.2) is 59.5 Å². The summed E-state index contributed by atoms with van der Waals surface area (Å²) in [5.74, 6) is 0.724. The van der Waals surface area contributed by atoms with Gasteiger partial charge < -0.3 is 10.1 Å². The van der Waals surface area contributed by atoms with Crippen LogP contribution >= 0.6 is 0 Å². The average Bonchev–Trinajstić information content (AvgIpc) is 2.77. The first kappa shape index (κ1) is 24.7. The van der Waals surface area contributed by atoms with Gasteiger partial charge in [-0.15, -0.1) is 0 Å². The summed E-state index contributed by atoms with van der Waals surface area (Å²) >= 11 is 0. The van der Waals surface area contributed by atoms with E-state index in [1.165, 1.54) is 7.05 Å². The number of benzene rings is 3. The Bertz CT molecular complexity index is 1270. The quantitative estimate of drug-likeness (QED) is 0.516. The normalized spacial score (nSPS) is 12.8. The van der Waals surface area contributed by atoms with Gasteiger partial charge >= 0.3 is 0 Å². The summed E-state index contributed by atoms with van der Waals surface area (Å²) < 4.78 is 32.7. The minimum absolute atomic E-state index is 0.164. The van der Waals surface area contributed by atoms with E-state index in [1.807, 2.05) is 44.2 Å². The van der Waals surface area contributed by atoms with Gasteiger partial charge in [0.2, 0.25) is 15.9 Å². The molecule has 0 aliphatic heterocycles. The maximum absolute atomic E-state index is 13.0.